The number of halogens is 4. The first-order valence-corrected chi connectivity index (χ1v) is 5.32. The van der Waals surface area contributed by atoms with E-state index in [1.165, 1.54) is 6.07 Å². The van der Waals surface area contributed by atoms with E-state index >= 15 is 0 Å². The fourth-order valence-electron chi connectivity index (χ4n) is 1.09. The number of rotatable bonds is 3. The third-order valence-electron chi connectivity index (χ3n) is 1.76. The minimum atomic E-state index is -2.69. The summed E-state index contributed by atoms with van der Waals surface area (Å²) in [6, 6.07) is 3.28. The summed E-state index contributed by atoms with van der Waals surface area (Å²) in [7, 11) is 0. The van der Waals surface area contributed by atoms with Crippen molar-refractivity contribution in [1.29, 1.82) is 5.26 Å². The van der Waals surface area contributed by atoms with E-state index in [4.69, 9.17) is 16.9 Å². The van der Waals surface area contributed by atoms with Crippen LogP contribution in [0, 0.1) is 11.3 Å². The number of nitriles is 1. The summed E-state index contributed by atoms with van der Waals surface area (Å²) in [6.07, 6.45) is -2.78. The van der Waals surface area contributed by atoms with Crippen molar-refractivity contribution < 1.29 is 8.78 Å². The fraction of sp³-hybridized carbons (Fsp3) is 0.333. The summed E-state index contributed by atoms with van der Waals surface area (Å²) in [4.78, 5) is 3.73. The molecule has 0 bridgehead atoms. The average Bonchev–Trinajstić information content (AvgIpc) is 2.18. The average molecular weight is 296 g/mol. The standard InChI is InChI=1S/C9H6BrClF2N2/c10-6-3-5(1-2-14)8(9(12)13)15-7(6)4-11/h3,9H,1,4H2. The number of pyridine rings is 1. The van der Waals surface area contributed by atoms with Gasteiger partial charge >= 0.3 is 0 Å². The van der Waals surface area contributed by atoms with Gasteiger partial charge in [-0.2, -0.15) is 5.26 Å². The number of aromatic nitrogens is 1. The molecular weight excluding hydrogens is 289 g/mol. The highest BCUT2D eigenvalue weighted by molar-refractivity contribution is 9.10. The van der Waals surface area contributed by atoms with Crippen LogP contribution in [0.2, 0.25) is 0 Å². The van der Waals surface area contributed by atoms with Crippen LogP contribution in [-0.4, -0.2) is 4.98 Å². The lowest BCUT2D eigenvalue weighted by Gasteiger charge is -2.08. The van der Waals surface area contributed by atoms with Crippen molar-refractivity contribution >= 4 is 27.5 Å². The summed E-state index contributed by atoms with van der Waals surface area (Å²) in [5.41, 5.74) is 0.220. The maximum atomic E-state index is 12.6. The zero-order valence-electron chi connectivity index (χ0n) is 7.48. The molecule has 0 radical (unpaired) electrons. The van der Waals surface area contributed by atoms with Crippen molar-refractivity contribution in [3.8, 4) is 6.07 Å². The van der Waals surface area contributed by atoms with E-state index in [1.54, 1.807) is 0 Å². The first-order chi connectivity index (χ1) is 7.10. The first-order valence-electron chi connectivity index (χ1n) is 3.99. The molecule has 1 heterocycles. The predicted octanol–water partition coefficient (Wildman–Crippen LogP) is 3.59. The van der Waals surface area contributed by atoms with Crippen molar-refractivity contribution in [3.05, 3.63) is 27.5 Å². The van der Waals surface area contributed by atoms with Crippen LogP contribution in [0.3, 0.4) is 0 Å². The van der Waals surface area contributed by atoms with Gasteiger partial charge in [0.05, 0.1) is 24.1 Å². The predicted molar refractivity (Wildman–Crippen MR) is 55.8 cm³/mol. The molecule has 0 saturated carbocycles. The smallest absolute Gasteiger partial charge is 0.249 e. The van der Waals surface area contributed by atoms with E-state index in [-0.39, 0.29) is 23.6 Å². The van der Waals surface area contributed by atoms with Crippen molar-refractivity contribution in [2.45, 2.75) is 18.7 Å². The quantitative estimate of drug-likeness (QED) is 0.799. The van der Waals surface area contributed by atoms with Gasteiger partial charge in [0.25, 0.3) is 6.43 Å². The van der Waals surface area contributed by atoms with E-state index in [1.807, 2.05) is 6.07 Å². The first kappa shape index (κ1) is 12.3. The van der Waals surface area contributed by atoms with E-state index in [0.717, 1.165) is 0 Å². The molecule has 0 atom stereocenters. The van der Waals surface area contributed by atoms with Crippen LogP contribution < -0.4 is 0 Å². The molecule has 0 spiro atoms. The van der Waals surface area contributed by atoms with Gasteiger partial charge in [-0.3, -0.25) is 0 Å². The molecule has 1 aromatic heterocycles. The molecule has 0 amide bonds. The Balaban J connectivity index is 3.26. The van der Waals surface area contributed by atoms with E-state index < -0.39 is 6.43 Å². The van der Waals surface area contributed by atoms with Gasteiger partial charge in [-0.05, 0) is 27.6 Å². The molecule has 6 heteroatoms. The monoisotopic (exact) mass is 294 g/mol. The van der Waals surface area contributed by atoms with Crippen molar-refractivity contribution in [2.24, 2.45) is 0 Å². The molecule has 15 heavy (non-hydrogen) atoms. The van der Waals surface area contributed by atoms with Gasteiger partial charge in [0.2, 0.25) is 0 Å². The molecule has 0 aliphatic carbocycles. The third-order valence-corrected chi connectivity index (χ3v) is 2.70. The van der Waals surface area contributed by atoms with Crippen LogP contribution in [0.15, 0.2) is 10.5 Å². The molecule has 0 aliphatic heterocycles. The van der Waals surface area contributed by atoms with Crippen molar-refractivity contribution in [3.63, 3.8) is 0 Å². The summed E-state index contributed by atoms with van der Waals surface area (Å²) in [5.74, 6) is 0.0487. The molecular formula is C9H6BrClF2N2. The number of hydrogen-bond donors (Lipinski definition) is 0. The molecule has 0 aromatic carbocycles. The van der Waals surface area contributed by atoms with Crippen LogP contribution in [0.1, 0.15) is 23.4 Å². The highest BCUT2D eigenvalue weighted by Crippen LogP contribution is 2.27. The SMILES string of the molecule is N#CCc1cc(Br)c(CCl)nc1C(F)F. The normalized spacial score (nSPS) is 10.4. The van der Waals surface area contributed by atoms with Gasteiger partial charge in [-0.1, -0.05) is 0 Å². The Labute approximate surface area is 99.0 Å². The highest BCUT2D eigenvalue weighted by Gasteiger charge is 2.17. The molecule has 0 fully saturated rings. The second-order valence-corrected chi connectivity index (χ2v) is 3.85. The zero-order chi connectivity index (χ0) is 11.4. The fourth-order valence-corrected chi connectivity index (χ4v) is 1.96. The van der Waals surface area contributed by atoms with Crippen LogP contribution >= 0.6 is 27.5 Å². The topological polar surface area (TPSA) is 36.7 Å². The second-order valence-electron chi connectivity index (χ2n) is 2.73. The second kappa shape index (κ2) is 5.38. The molecule has 2 nitrogen and oxygen atoms in total. The van der Waals surface area contributed by atoms with Gasteiger partial charge in [-0.15, -0.1) is 11.6 Å². The molecule has 0 N–H and O–H groups in total. The maximum absolute atomic E-state index is 12.6. The van der Waals surface area contributed by atoms with Gasteiger partial charge in [0, 0.05) is 4.47 Å². The Morgan fingerprint density at radius 3 is 2.73 bits per heavy atom. The van der Waals surface area contributed by atoms with E-state index in [0.29, 0.717) is 10.2 Å². The minimum Gasteiger partial charge on any atom is -0.249 e. The Bertz CT molecular complexity index is 404. The lowest BCUT2D eigenvalue weighted by molar-refractivity contribution is 0.144. The van der Waals surface area contributed by atoms with E-state index in [2.05, 4.69) is 20.9 Å². The molecule has 1 rings (SSSR count). The Morgan fingerprint density at radius 2 is 2.27 bits per heavy atom. The summed E-state index contributed by atoms with van der Waals surface area (Å²) in [5, 5.41) is 8.48. The Morgan fingerprint density at radius 1 is 1.60 bits per heavy atom. The molecule has 0 unspecified atom stereocenters. The van der Waals surface area contributed by atoms with Gasteiger partial charge < -0.3 is 0 Å². The molecule has 0 aliphatic rings. The third kappa shape index (κ3) is 2.86. The summed E-state index contributed by atoms with van der Waals surface area (Å²) in [6.45, 7) is 0. The van der Waals surface area contributed by atoms with E-state index in [9.17, 15) is 8.78 Å². The summed E-state index contributed by atoms with van der Waals surface area (Å²) >= 11 is 8.70. The van der Waals surface area contributed by atoms with Crippen molar-refractivity contribution in [1.82, 2.24) is 4.98 Å². The Kier molecular flexibility index (Phi) is 4.43. The highest BCUT2D eigenvalue weighted by atomic mass is 79.9. The van der Waals surface area contributed by atoms with Gasteiger partial charge in [-0.25, -0.2) is 13.8 Å². The van der Waals surface area contributed by atoms with Crippen LogP contribution in [0.5, 0.6) is 0 Å². The van der Waals surface area contributed by atoms with Crippen LogP contribution in [0.25, 0.3) is 0 Å². The molecule has 0 saturated heterocycles. The van der Waals surface area contributed by atoms with Crippen LogP contribution in [0.4, 0.5) is 8.78 Å². The minimum absolute atomic E-state index is 0.0487. The zero-order valence-corrected chi connectivity index (χ0v) is 9.82. The number of alkyl halides is 3. The van der Waals surface area contributed by atoms with Gasteiger partial charge in [0.1, 0.15) is 5.69 Å². The molecule has 1 aromatic rings. The summed E-state index contributed by atoms with van der Waals surface area (Å²) < 4.78 is 25.7. The lowest BCUT2D eigenvalue weighted by atomic mass is 10.1. The van der Waals surface area contributed by atoms with Gasteiger partial charge in [0.15, 0.2) is 0 Å². The number of nitrogens with zero attached hydrogens (tertiary/aromatic N) is 2. The maximum Gasteiger partial charge on any atom is 0.280 e. The van der Waals surface area contributed by atoms with Crippen LogP contribution in [-0.2, 0) is 12.3 Å². The molecule has 80 valence electrons. The largest absolute Gasteiger partial charge is 0.280 e. The Hall–Kier alpha value is -0.730. The van der Waals surface area contributed by atoms with Crippen molar-refractivity contribution in [2.75, 3.05) is 0 Å². The lowest BCUT2D eigenvalue weighted by Crippen LogP contribution is -2.02. The number of hydrogen-bond acceptors (Lipinski definition) is 2.